The van der Waals surface area contributed by atoms with E-state index in [1.807, 2.05) is 4.90 Å². The molecule has 2 fully saturated rings. The molecule has 18 heavy (non-hydrogen) atoms. The van der Waals surface area contributed by atoms with Crippen molar-refractivity contribution in [1.29, 1.82) is 0 Å². The second-order valence-corrected chi connectivity index (χ2v) is 5.95. The molecule has 1 heterocycles. The van der Waals surface area contributed by atoms with Crippen LogP contribution in [-0.2, 0) is 9.53 Å². The largest absolute Gasteiger partial charge is 0.392 e. The molecule has 0 spiro atoms. The molecule has 1 unspecified atom stereocenters. The number of hydrogen-bond acceptors (Lipinski definition) is 3. The van der Waals surface area contributed by atoms with Crippen LogP contribution in [0.25, 0.3) is 0 Å². The highest BCUT2D eigenvalue weighted by atomic mass is 32.1. The molecule has 2 rings (SSSR count). The second-order valence-electron chi connectivity index (χ2n) is 5.51. The van der Waals surface area contributed by atoms with E-state index in [9.17, 15) is 4.79 Å². The fourth-order valence-electron chi connectivity index (χ4n) is 3.24. The van der Waals surface area contributed by atoms with Gasteiger partial charge in [-0.25, -0.2) is 0 Å². The fourth-order valence-corrected chi connectivity index (χ4v) is 3.53. The Morgan fingerprint density at radius 1 is 1.50 bits per heavy atom. The SMILES string of the molecule is COCC1CCN(C(=O)C2(C(N)=S)CCCC2)C1. The van der Waals surface area contributed by atoms with Gasteiger partial charge in [-0.3, -0.25) is 4.79 Å². The van der Waals surface area contributed by atoms with Crippen LogP contribution in [0.15, 0.2) is 0 Å². The molecule has 1 atom stereocenters. The Hall–Kier alpha value is -0.680. The molecule has 5 heteroatoms. The summed E-state index contributed by atoms with van der Waals surface area (Å²) in [5.74, 6) is 0.620. The normalized spacial score (nSPS) is 26.5. The first-order valence-corrected chi connectivity index (χ1v) is 7.09. The van der Waals surface area contributed by atoms with Crippen molar-refractivity contribution in [2.45, 2.75) is 32.1 Å². The molecular formula is C13H22N2O2S. The Kier molecular flexibility index (Phi) is 4.22. The van der Waals surface area contributed by atoms with Crippen LogP contribution in [0.2, 0.25) is 0 Å². The van der Waals surface area contributed by atoms with Gasteiger partial charge in [0, 0.05) is 26.1 Å². The third kappa shape index (κ3) is 2.38. The van der Waals surface area contributed by atoms with Crippen molar-refractivity contribution in [3.8, 4) is 0 Å². The topological polar surface area (TPSA) is 55.6 Å². The maximum Gasteiger partial charge on any atom is 0.235 e. The van der Waals surface area contributed by atoms with E-state index in [0.717, 1.165) is 51.8 Å². The quantitative estimate of drug-likeness (QED) is 0.783. The molecule has 0 aromatic carbocycles. The summed E-state index contributed by atoms with van der Waals surface area (Å²) in [7, 11) is 1.71. The molecule has 2 aliphatic rings. The van der Waals surface area contributed by atoms with Crippen LogP contribution in [0.1, 0.15) is 32.1 Å². The van der Waals surface area contributed by atoms with Crippen molar-refractivity contribution in [1.82, 2.24) is 4.90 Å². The number of amides is 1. The van der Waals surface area contributed by atoms with E-state index in [-0.39, 0.29) is 5.91 Å². The Morgan fingerprint density at radius 2 is 2.17 bits per heavy atom. The van der Waals surface area contributed by atoms with Crippen LogP contribution in [0.3, 0.4) is 0 Å². The first kappa shape index (κ1) is 13.7. The van der Waals surface area contributed by atoms with Crippen molar-refractivity contribution in [3.05, 3.63) is 0 Å². The van der Waals surface area contributed by atoms with Crippen LogP contribution >= 0.6 is 12.2 Å². The van der Waals surface area contributed by atoms with Crippen LogP contribution < -0.4 is 5.73 Å². The highest BCUT2D eigenvalue weighted by Gasteiger charge is 2.47. The summed E-state index contributed by atoms with van der Waals surface area (Å²) in [6.07, 6.45) is 4.78. The van der Waals surface area contributed by atoms with Crippen LogP contribution in [0.5, 0.6) is 0 Å². The van der Waals surface area contributed by atoms with E-state index >= 15 is 0 Å². The Balaban J connectivity index is 2.04. The molecule has 1 amide bonds. The Labute approximate surface area is 114 Å². The minimum absolute atomic E-state index is 0.158. The molecule has 1 aliphatic heterocycles. The molecule has 1 saturated heterocycles. The summed E-state index contributed by atoms with van der Waals surface area (Å²) in [5.41, 5.74) is 5.31. The van der Waals surface area contributed by atoms with E-state index in [1.165, 1.54) is 0 Å². The summed E-state index contributed by atoms with van der Waals surface area (Å²) in [4.78, 5) is 15.0. The van der Waals surface area contributed by atoms with Crippen molar-refractivity contribution in [3.63, 3.8) is 0 Å². The molecule has 0 bridgehead atoms. The highest BCUT2D eigenvalue weighted by Crippen LogP contribution is 2.41. The number of methoxy groups -OCH3 is 1. The van der Waals surface area contributed by atoms with E-state index in [0.29, 0.717) is 10.9 Å². The van der Waals surface area contributed by atoms with Gasteiger partial charge in [-0.1, -0.05) is 25.1 Å². The van der Waals surface area contributed by atoms with E-state index in [4.69, 9.17) is 22.7 Å². The second kappa shape index (κ2) is 5.53. The number of rotatable bonds is 4. The summed E-state index contributed by atoms with van der Waals surface area (Å²) < 4.78 is 5.16. The van der Waals surface area contributed by atoms with Gasteiger partial charge in [-0.05, 0) is 19.3 Å². The minimum atomic E-state index is -0.544. The lowest BCUT2D eigenvalue weighted by Gasteiger charge is -2.31. The summed E-state index contributed by atoms with van der Waals surface area (Å²) in [6.45, 7) is 2.33. The van der Waals surface area contributed by atoms with Gasteiger partial charge in [0.05, 0.1) is 17.0 Å². The lowest BCUT2D eigenvalue weighted by Crippen LogP contribution is -2.48. The lowest BCUT2D eigenvalue weighted by atomic mass is 9.84. The van der Waals surface area contributed by atoms with Crippen molar-refractivity contribution < 1.29 is 9.53 Å². The third-order valence-corrected chi connectivity index (χ3v) is 4.70. The van der Waals surface area contributed by atoms with Crippen LogP contribution in [0.4, 0.5) is 0 Å². The van der Waals surface area contributed by atoms with Gasteiger partial charge in [-0.15, -0.1) is 0 Å². The molecule has 0 aromatic heterocycles. The molecule has 2 N–H and O–H groups in total. The Bertz CT molecular complexity index is 340. The van der Waals surface area contributed by atoms with Gasteiger partial charge in [0.2, 0.25) is 5.91 Å². The smallest absolute Gasteiger partial charge is 0.235 e. The number of thiocarbonyl (C=S) groups is 1. The fraction of sp³-hybridized carbons (Fsp3) is 0.846. The predicted molar refractivity (Wildman–Crippen MR) is 74.2 cm³/mol. The van der Waals surface area contributed by atoms with Crippen LogP contribution in [-0.4, -0.2) is 42.6 Å². The number of ether oxygens (including phenoxy) is 1. The van der Waals surface area contributed by atoms with Gasteiger partial charge in [-0.2, -0.15) is 0 Å². The van der Waals surface area contributed by atoms with E-state index in [1.54, 1.807) is 7.11 Å². The minimum Gasteiger partial charge on any atom is -0.392 e. The highest BCUT2D eigenvalue weighted by molar-refractivity contribution is 7.80. The predicted octanol–water partition coefficient (Wildman–Crippen LogP) is 1.33. The molecule has 102 valence electrons. The standard InChI is InChI=1S/C13H22N2O2S/c1-17-9-10-4-7-15(8-10)12(16)13(11(14)18)5-2-3-6-13/h10H,2-9H2,1H3,(H2,14,18). The molecule has 0 aromatic rings. The zero-order valence-electron chi connectivity index (χ0n) is 11.0. The van der Waals surface area contributed by atoms with Crippen molar-refractivity contribution in [2.24, 2.45) is 17.1 Å². The lowest BCUT2D eigenvalue weighted by molar-refractivity contribution is -0.137. The van der Waals surface area contributed by atoms with Crippen molar-refractivity contribution >= 4 is 23.1 Å². The van der Waals surface area contributed by atoms with E-state index in [2.05, 4.69) is 0 Å². The Morgan fingerprint density at radius 3 is 2.72 bits per heavy atom. The average Bonchev–Trinajstić information content (AvgIpc) is 2.97. The molecule has 4 nitrogen and oxygen atoms in total. The summed E-state index contributed by atoms with van der Waals surface area (Å²) >= 11 is 5.17. The monoisotopic (exact) mass is 270 g/mol. The van der Waals surface area contributed by atoms with Crippen LogP contribution in [0, 0.1) is 11.3 Å². The molecular weight excluding hydrogens is 248 g/mol. The number of nitrogens with zero attached hydrogens (tertiary/aromatic N) is 1. The number of hydrogen-bond donors (Lipinski definition) is 1. The molecule has 1 saturated carbocycles. The van der Waals surface area contributed by atoms with Gasteiger partial charge in [0.1, 0.15) is 0 Å². The number of nitrogens with two attached hydrogens (primary N) is 1. The first-order chi connectivity index (χ1) is 8.60. The van der Waals surface area contributed by atoms with Gasteiger partial charge < -0.3 is 15.4 Å². The number of likely N-dealkylation sites (tertiary alicyclic amines) is 1. The van der Waals surface area contributed by atoms with Gasteiger partial charge in [0.25, 0.3) is 0 Å². The maximum atomic E-state index is 12.7. The maximum absolute atomic E-state index is 12.7. The zero-order valence-corrected chi connectivity index (χ0v) is 11.8. The van der Waals surface area contributed by atoms with Crippen molar-refractivity contribution in [2.75, 3.05) is 26.8 Å². The zero-order chi connectivity index (χ0) is 13.2. The van der Waals surface area contributed by atoms with Gasteiger partial charge in [0.15, 0.2) is 0 Å². The molecule has 1 aliphatic carbocycles. The van der Waals surface area contributed by atoms with E-state index < -0.39 is 5.41 Å². The average molecular weight is 270 g/mol. The first-order valence-electron chi connectivity index (χ1n) is 6.68. The molecule has 0 radical (unpaired) electrons. The summed E-state index contributed by atoms with van der Waals surface area (Å²) in [5, 5.41) is 0. The van der Waals surface area contributed by atoms with Gasteiger partial charge >= 0.3 is 0 Å². The summed E-state index contributed by atoms with van der Waals surface area (Å²) in [6, 6.07) is 0. The number of carbonyl (C=O) groups excluding carboxylic acids is 1. The third-order valence-electron chi connectivity index (χ3n) is 4.31. The number of carbonyl (C=O) groups is 1.